The Labute approximate surface area is 103 Å². The minimum atomic E-state index is 0.289. The molecule has 0 radical (unpaired) electrons. The first kappa shape index (κ1) is 12.2. The lowest BCUT2D eigenvalue weighted by Gasteiger charge is -2.24. The third-order valence-corrected chi connectivity index (χ3v) is 3.56. The smallest absolute Gasteiger partial charge is 0.166 e. The molecule has 0 atom stereocenters. The van der Waals surface area contributed by atoms with Gasteiger partial charge in [-0.2, -0.15) is 0 Å². The van der Waals surface area contributed by atoms with Gasteiger partial charge in [0, 0.05) is 23.7 Å². The molecule has 92 valence electrons. The molecule has 1 saturated carbocycles. The zero-order chi connectivity index (χ0) is 12.3. The second kappa shape index (κ2) is 5.35. The summed E-state index contributed by atoms with van der Waals surface area (Å²) in [4.78, 5) is 12.1. The molecule has 17 heavy (non-hydrogen) atoms. The van der Waals surface area contributed by atoms with E-state index in [4.69, 9.17) is 0 Å². The van der Waals surface area contributed by atoms with Gasteiger partial charge in [-0.15, -0.1) is 0 Å². The van der Waals surface area contributed by atoms with Gasteiger partial charge >= 0.3 is 0 Å². The normalized spacial score (nSPS) is 15.4. The van der Waals surface area contributed by atoms with Gasteiger partial charge in [0.1, 0.15) is 0 Å². The predicted molar refractivity (Wildman–Crippen MR) is 71.6 cm³/mol. The lowest BCUT2D eigenvalue weighted by Crippen LogP contribution is -2.22. The summed E-state index contributed by atoms with van der Waals surface area (Å²) < 4.78 is 0. The van der Waals surface area contributed by atoms with Crippen LogP contribution in [0.25, 0.3) is 0 Å². The third-order valence-electron chi connectivity index (χ3n) is 3.56. The molecule has 0 unspecified atom stereocenters. The van der Waals surface area contributed by atoms with E-state index in [1.807, 2.05) is 18.2 Å². The lowest BCUT2D eigenvalue weighted by atomic mass is 9.80. The van der Waals surface area contributed by atoms with Crippen LogP contribution in [0.15, 0.2) is 18.2 Å². The number of carbonyl (C=O) groups excluding carboxylic acids is 1. The van der Waals surface area contributed by atoms with Crippen LogP contribution in [-0.4, -0.2) is 12.3 Å². The maximum absolute atomic E-state index is 12.1. The molecule has 0 spiro atoms. The van der Waals surface area contributed by atoms with E-state index in [0.29, 0.717) is 5.78 Å². The second-order valence-corrected chi connectivity index (χ2v) is 4.95. The van der Waals surface area contributed by atoms with Crippen molar-refractivity contribution in [3.63, 3.8) is 0 Å². The van der Waals surface area contributed by atoms with E-state index in [1.165, 1.54) is 12.0 Å². The van der Waals surface area contributed by atoms with Gasteiger partial charge in [-0.3, -0.25) is 4.79 Å². The number of hydrogen-bond donors (Lipinski definition) is 1. The van der Waals surface area contributed by atoms with Crippen LogP contribution in [-0.2, 0) is 0 Å². The Morgan fingerprint density at radius 1 is 1.41 bits per heavy atom. The average molecular weight is 231 g/mol. The van der Waals surface area contributed by atoms with E-state index < -0.39 is 0 Å². The maximum atomic E-state index is 12.1. The number of aryl methyl sites for hydroxylation is 1. The number of hydrogen-bond acceptors (Lipinski definition) is 2. The zero-order valence-corrected chi connectivity index (χ0v) is 10.8. The molecule has 0 aromatic heterocycles. The van der Waals surface area contributed by atoms with Crippen molar-refractivity contribution in [1.29, 1.82) is 0 Å². The number of nitrogens with one attached hydrogen (secondary N) is 1. The van der Waals surface area contributed by atoms with E-state index in [9.17, 15) is 4.79 Å². The van der Waals surface area contributed by atoms with E-state index in [1.54, 1.807) is 0 Å². The molecule has 0 bridgehead atoms. The molecule has 1 aliphatic carbocycles. The Bertz CT molecular complexity index is 407. The SMILES string of the molecule is CCCNc1cc(C(=O)C2CCC2)ccc1C. The van der Waals surface area contributed by atoms with Crippen molar-refractivity contribution in [3.8, 4) is 0 Å². The van der Waals surface area contributed by atoms with Crippen LogP contribution in [0.3, 0.4) is 0 Å². The Morgan fingerprint density at radius 3 is 2.76 bits per heavy atom. The van der Waals surface area contributed by atoms with Crippen LogP contribution in [0.1, 0.15) is 48.5 Å². The Morgan fingerprint density at radius 2 is 2.18 bits per heavy atom. The van der Waals surface area contributed by atoms with Crippen LogP contribution in [0.5, 0.6) is 0 Å². The highest BCUT2D eigenvalue weighted by Gasteiger charge is 2.26. The van der Waals surface area contributed by atoms with Crippen LogP contribution < -0.4 is 5.32 Å². The highest BCUT2D eigenvalue weighted by Crippen LogP contribution is 2.30. The minimum absolute atomic E-state index is 0.289. The summed E-state index contributed by atoms with van der Waals surface area (Å²) >= 11 is 0. The summed E-state index contributed by atoms with van der Waals surface area (Å²) in [6.07, 6.45) is 4.46. The number of ketones is 1. The first-order valence-electron chi connectivity index (χ1n) is 6.61. The molecule has 2 heteroatoms. The monoisotopic (exact) mass is 231 g/mol. The van der Waals surface area contributed by atoms with Crippen molar-refractivity contribution in [2.24, 2.45) is 5.92 Å². The summed E-state index contributed by atoms with van der Waals surface area (Å²) in [7, 11) is 0. The van der Waals surface area contributed by atoms with Crippen molar-refractivity contribution < 1.29 is 4.79 Å². The zero-order valence-electron chi connectivity index (χ0n) is 10.8. The van der Waals surface area contributed by atoms with E-state index >= 15 is 0 Å². The van der Waals surface area contributed by atoms with Gasteiger partial charge in [0.05, 0.1) is 0 Å². The van der Waals surface area contributed by atoms with Gasteiger partial charge in [-0.1, -0.05) is 25.5 Å². The van der Waals surface area contributed by atoms with Crippen LogP contribution in [0.4, 0.5) is 5.69 Å². The van der Waals surface area contributed by atoms with Crippen molar-refractivity contribution in [2.45, 2.75) is 39.5 Å². The summed E-state index contributed by atoms with van der Waals surface area (Å²) in [5.41, 5.74) is 3.19. The molecule has 1 fully saturated rings. The summed E-state index contributed by atoms with van der Waals surface area (Å²) in [5.74, 6) is 0.618. The molecule has 0 amide bonds. The standard InChI is InChI=1S/C15H21NO/c1-3-9-16-14-10-13(8-7-11(14)2)15(17)12-5-4-6-12/h7-8,10,12,16H,3-6,9H2,1-2H3. The fourth-order valence-electron chi connectivity index (χ4n) is 2.13. The summed E-state index contributed by atoms with van der Waals surface area (Å²) in [6, 6.07) is 6.03. The van der Waals surface area contributed by atoms with Crippen LogP contribution in [0, 0.1) is 12.8 Å². The fraction of sp³-hybridized carbons (Fsp3) is 0.533. The first-order chi connectivity index (χ1) is 8.22. The Hall–Kier alpha value is -1.31. The molecule has 1 aromatic carbocycles. The molecule has 1 aliphatic rings. The maximum Gasteiger partial charge on any atom is 0.166 e. The number of carbonyl (C=O) groups is 1. The van der Waals surface area contributed by atoms with Gasteiger partial charge in [0.2, 0.25) is 0 Å². The summed E-state index contributed by atoms with van der Waals surface area (Å²) in [5, 5.41) is 3.38. The molecule has 0 saturated heterocycles. The van der Waals surface area contributed by atoms with Gasteiger partial charge in [0.25, 0.3) is 0 Å². The summed E-state index contributed by atoms with van der Waals surface area (Å²) in [6.45, 7) is 5.18. The molecule has 1 N–H and O–H groups in total. The predicted octanol–water partition coefficient (Wildman–Crippen LogP) is 3.80. The fourth-order valence-corrected chi connectivity index (χ4v) is 2.13. The molecule has 2 nitrogen and oxygen atoms in total. The molecule has 1 aromatic rings. The molecular formula is C15H21NO. The van der Waals surface area contributed by atoms with E-state index in [0.717, 1.165) is 37.1 Å². The van der Waals surface area contributed by atoms with Crippen molar-refractivity contribution in [2.75, 3.05) is 11.9 Å². The number of rotatable bonds is 5. The van der Waals surface area contributed by atoms with Crippen LogP contribution >= 0.6 is 0 Å². The van der Waals surface area contributed by atoms with Gasteiger partial charge in [-0.05, 0) is 37.8 Å². The quantitative estimate of drug-likeness (QED) is 0.781. The minimum Gasteiger partial charge on any atom is -0.385 e. The van der Waals surface area contributed by atoms with Crippen LogP contribution in [0.2, 0.25) is 0 Å². The Balaban J connectivity index is 2.14. The van der Waals surface area contributed by atoms with Crippen molar-refractivity contribution in [1.82, 2.24) is 0 Å². The largest absolute Gasteiger partial charge is 0.385 e. The second-order valence-electron chi connectivity index (χ2n) is 4.95. The molecule has 0 heterocycles. The number of anilines is 1. The number of benzene rings is 1. The van der Waals surface area contributed by atoms with E-state index in [-0.39, 0.29) is 5.92 Å². The van der Waals surface area contributed by atoms with Crippen molar-refractivity contribution in [3.05, 3.63) is 29.3 Å². The third kappa shape index (κ3) is 2.68. The number of Topliss-reactive ketones (excluding diaryl/α,β-unsaturated/α-hetero) is 1. The van der Waals surface area contributed by atoms with Gasteiger partial charge in [-0.25, -0.2) is 0 Å². The Kier molecular flexibility index (Phi) is 3.82. The molecular weight excluding hydrogens is 210 g/mol. The topological polar surface area (TPSA) is 29.1 Å². The molecule has 2 rings (SSSR count). The lowest BCUT2D eigenvalue weighted by molar-refractivity contribution is 0.0855. The first-order valence-corrected chi connectivity index (χ1v) is 6.61. The van der Waals surface area contributed by atoms with Gasteiger partial charge in [0.15, 0.2) is 5.78 Å². The van der Waals surface area contributed by atoms with Gasteiger partial charge < -0.3 is 5.32 Å². The average Bonchev–Trinajstić information content (AvgIpc) is 2.25. The highest BCUT2D eigenvalue weighted by atomic mass is 16.1. The highest BCUT2D eigenvalue weighted by molar-refractivity contribution is 5.99. The molecule has 0 aliphatic heterocycles. The van der Waals surface area contributed by atoms with E-state index in [2.05, 4.69) is 19.2 Å². The van der Waals surface area contributed by atoms with Crippen molar-refractivity contribution >= 4 is 11.5 Å².